The first-order chi connectivity index (χ1) is 15.5. The summed E-state index contributed by atoms with van der Waals surface area (Å²) >= 11 is 0. The molecule has 2 heterocycles. The average Bonchev–Trinajstić information content (AvgIpc) is 3.58. The van der Waals surface area contributed by atoms with Gasteiger partial charge in [-0.3, -0.25) is 4.79 Å². The van der Waals surface area contributed by atoms with Gasteiger partial charge in [0.25, 0.3) is 0 Å². The van der Waals surface area contributed by atoms with Crippen LogP contribution in [-0.2, 0) is 4.79 Å². The van der Waals surface area contributed by atoms with Gasteiger partial charge >= 0.3 is 0 Å². The van der Waals surface area contributed by atoms with Crippen LogP contribution >= 0.6 is 0 Å². The maximum absolute atomic E-state index is 11.3. The molecule has 1 saturated heterocycles. The normalized spacial score (nSPS) is 17.0. The Morgan fingerprint density at radius 1 is 1.19 bits per heavy atom. The van der Waals surface area contributed by atoms with E-state index in [1.807, 2.05) is 55.6 Å². The Morgan fingerprint density at radius 2 is 2.00 bits per heavy atom. The van der Waals surface area contributed by atoms with Gasteiger partial charge in [0.1, 0.15) is 17.6 Å². The molecule has 1 aliphatic heterocycles. The zero-order valence-electron chi connectivity index (χ0n) is 18.5. The Labute approximate surface area is 187 Å². The van der Waals surface area contributed by atoms with Crippen LogP contribution in [0.4, 0.5) is 5.95 Å². The summed E-state index contributed by atoms with van der Waals surface area (Å²) in [6.07, 6.45) is 4.51. The third kappa shape index (κ3) is 4.77. The molecule has 2 fully saturated rings. The summed E-state index contributed by atoms with van der Waals surface area (Å²) in [6, 6.07) is 13.8. The van der Waals surface area contributed by atoms with E-state index in [2.05, 4.69) is 15.2 Å². The van der Waals surface area contributed by atoms with Gasteiger partial charge in [-0.25, -0.2) is 9.97 Å². The molecule has 2 aliphatic rings. The van der Waals surface area contributed by atoms with Gasteiger partial charge in [-0.2, -0.15) is 0 Å². The SMILES string of the molecule is CC(=O)NC(C)c1ccc2nc(N3CC(Oc4cccc(OCC5CC5)c4)C3)ncc2c1. The molecule has 0 spiro atoms. The van der Waals surface area contributed by atoms with Crippen molar-refractivity contribution in [1.29, 1.82) is 0 Å². The predicted octanol–water partition coefficient (Wildman–Crippen LogP) is 3.88. The summed E-state index contributed by atoms with van der Waals surface area (Å²) in [7, 11) is 0. The van der Waals surface area contributed by atoms with Gasteiger partial charge in [-0.05, 0) is 55.5 Å². The van der Waals surface area contributed by atoms with E-state index in [1.54, 1.807) is 0 Å². The third-order valence-electron chi connectivity index (χ3n) is 5.93. The van der Waals surface area contributed by atoms with E-state index in [0.29, 0.717) is 5.95 Å². The molecule has 1 N–H and O–H groups in total. The van der Waals surface area contributed by atoms with Crippen LogP contribution in [0, 0.1) is 5.92 Å². The fourth-order valence-corrected chi connectivity index (χ4v) is 3.86. The Balaban J connectivity index is 1.18. The lowest BCUT2D eigenvalue weighted by Crippen LogP contribution is -2.54. The summed E-state index contributed by atoms with van der Waals surface area (Å²) in [5.41, 5.74) is 1.92. The smallest absolute Gasteiger partial charge is 0.226 e. The number of carbonyl (C=O) groups excluding carboxylic acids is 1. The number of nitrogens with one attached hydrogen (secondary N) is 1. The van der Waals surface area contributed by atoms with Crippen molar-refractivity contribution in [3.8, 4) is 11.5 Å². The Morgan fingerprint density at radius 3 is 2.78 bits per heavy atom. The molecular weight excluding hydrogens is 404 g/mol. The fourth-order valence-electron chi connectivity index (χ4n) is 3.86. The summed E-state index contributed by atoms with van der Waals surface area (Å²) in [6.45, 7) is 5.78. The number of hydrogen-bond acceptors (Lipinski definition) is 6. The van der Waals surface area contributed by atoms with Crippen LogP contribution in [0.1, 0.15) is 38.3 Å². The van der Waals surface area contributed by atoms with E-state index in [-0.39, 0.29) is 18.1 Å². The fraction of sp³-hybridized carbons (Fsp3) is 0.400. The first-order valence-corrected chi connectivity index (χ1v) is 11.2. The van der Waals surface area contributed by atoms with E-state index in [1.165, 1.54) is 19.8 Å². The maximum Gasteiger partial charge on any atom is 0.226 e. The molecule has 3 aromatic rings. The van der Waals surface area contributed by atoms with E-state index < -0.39 is 0 Å². The van der Waals surface area contributed by atoms with E-state index in [9.17, 15) is 4.79 Å². The van der Waals surface area contributed by atoms with Gasteiger partial charge in [-0.1, -0.05) is 12.1 Å². The van der Waals surface area contributed by atoms with Gasteiger partial charge in [0.15, 0.2) is 0 Å². The van der Waals surface area contributed by atoms with Crippen LogP contribution in [-0.4, -0.2) is 41.7 Å². The summed E-state index contributed by atoms with van der Waals surface area (Å²) in [5.74, 6) is 3.10. The highest BCUT2D eigenvalue weighted by Crippen LogP contribution is 2.31. The maximum atomic E-state index is 11.3. The zero-order chi connectivity index (χ0) is 22.1. The number of carbonyl (C=O) groups is 1. The van der Waals surface area contributed by atoms with Crippen LogP contribution in [0.15, 0.2) is 48.7 Å². The molecule has 1 saturated carbocycles. The molecule has 1 amide bonds. The highest BCUT2D eigenvalue weighted by molar-refractivity contribution is 5.80. The van der Waals surface area contributed by atoms with Crippen molar-refractivity contribution >= 4 is 22.8 Å². The zero-order valence-corrected chi connectivity index (χ0v) is 18.5. The number of rotatable bonds is 8. The quantitative estimate of drug-likeness (QED) is 0.582. The Kier molecular flexibility index (Phi) is 5.55. The van der Waals surface area contributed by atoms with Gasteiger partial charge < -0.3 is 19.7 Å². The average molecular weight is 433 g/mol. The lowest BCUT2D eigenvalue weighted by atomic mass is 10.1. The number of benzene rings is 2. The highest BCUT2D eigenvalue weighted by Gasteiger charge is 2.30. The number of ether oxygens (including phenoxy) is 2. The van der Waals surface area contributed by atoms with Crippen molar-refractivity contribution < 1.29 is 14.3 Å². The molecule has 7 nitrogen and oxygen atoms in total. The lowest BCUT2D eigenvalue weighted by molar-refractivity contribution is -0.119. The van der Waals surface area contributed by atoms with Crippen LogP contribution in [0.5, 0.6) is 11.5 Å². The summed E-state index contributed by atoms with van der Waals surface area (Å²) in [4.78, 5) is 22.7. The van der Waals surface area contributed by atoms with Crippen LogP contribution in [0.25, 0.3) is 10.9 Å². The minimum atomic E-state index is -0.0533. The first-order valence-electron chi connectivity index (χ1n) is 11.2. The molecule has 0 radical (unpaired) electrons. The van der Waals surface area contributed by atoms with Crippen LogP contribution in [0.3, 0.4) is 0 Å². The van der Waals surface area contributed by atoms with Gasteiger partial charge in [0, 0.05) is 24.6 Å². The second kappa shape index (κ2) is 8.65. The van der Waals surface area contributed by atoms with Crippen LogP contribution < -0.4 is 19.7 Å². The van der Waals surface area contributed by atoms with E-state index in [0.717, 1.165) is 53.6 Å². The molecule has 1 unspecified atom stereocenters. The Hall–Kier alpha value is -3.35. The predicted molar refractivity (Wildman–Crippen MR) is 123 cm³/mol. The standard InChI is InChI=1S/C25H28N4O3/c1-16(27-17(2)30)19-8-9-24-20(10-19)12-26-25(28-24)29-13-23(14-29)32-22-5-3-4-21(11-22)31-15-18-6-7-18/h3-5,8-12,16,18,23H,6-7,13-15H2,1-2H3,(H,27,30). The van der Waals surface area contributed by atoms with Crippen molar-refractivity contribution in [3.05, 3.63) is 54.2 Å². The number of nitrogens with zero attached hydrogens (tertiary/aromatic N) is 3. The van der Waals surface area contributed by atoms with Crippen molar-refractivity contribution in [2.24, 2.45) is 5.92 Å². The number of fused-ring (bicyclic) bond motifs is 1. The van der Waals surface area contributed by atoms with Crippen LogP contribution in [0.2, 0.25) is 0 Å². The van der Waals surface area contributed by atoms with Crippen molar-refractivity contribution in [2.45, 2.75) is 38.8 Å². The monoisotopic (exact) mass is 432 g/mol. The molecule has 0 bridgehead atoms. The highest BCUT2D eigenvalue weighted by atomic mass is 16.5. The molecule has 5 rings (SSSR count). The first kappa shape index (κ1) is 20.5. The largest absolute Gasteiger partial charge is 0.493 e. The molecule has 2 aromatic carbocycles. The third-order valence-corrected chi connectivity index (χ3v) is 5.93. The van der Waals surface area contributed by atoms with Crippen molar-refractivity contribution in [1.82, 2.24) is 15.3 Å². The van der Waals surface area contributed by atoms with Crippen molar-refractivity contribution in [2.75, 3.05) is 24.6 Å². The minimum Gasteiger partial charge on any atom is -0.493 e. The summed E-state index contributed by atoms with van der Waals surface area (Å²) < 4.78 is 12.0. The second-order valence-corrected chi connectivity index (χ2v) is 8.78. The van der Waals surface area contributed by atoms with E-state index >= 15 is 0 Å². The van der Waals surface area contributed by atoms with Crippen molar-refractivity contribution in [3.63, 3.8) is 0 Å². The molecular formula is C25H28N4O3. The number of aromatic nitrogens is 2. The second-order valence-electron chi connectivity index (χ2n) is 8.78. The molecule has 1 aliphatic carbocycles. The van der Waals surface area contributed by atoms with E-state index in [4.69, 9.17) is 14.5 Å². The lowest BCUT2D eigenvalue weighted by Gasteiger charge is -2.39. The molecule has 166 valence electrons. The topological polar surface area (TPSA) is 76.6 Å². The molecule has 1 aromatic heterocycles. The number of anilines is 1. The summed E-state index contributed by atoms with van der Waals surface area (Å²) in [5, 5.41) is 3.86. The van der Waals surface area contributed by atoms with Gasteiger partial charge in [0.2, 0.25) is 11.9 Å². The Bertz CT molecular complexity index is 1130. The van der Waals surface area contributed by atoms with Gasteiger partial charge in [-0.15, -0.1) is 0 Å². The van der Waals surface area contributed by atoms with Gasteiger partial charge in [0.05, 0.1) is 31.3 Å². The number of hydrogen-bond donors (Lipinski definition) is 1. The molecule has 32 heavy (non-hydrogen) atoms. The molecule has 1 atom stereocenters. The number of amides is 1. The minimum absolute atomic E-state index is 0.0451. The molecule has 7 heteroatoms.